The van der Waals surface area contributed by atoms with Gasteiger partial charge in [-0.3, -0.25) is 9.89 Å². The number of nitrogens with zero attached hydrogens (tertiary/aromatic N) is 3. The van der Waals surface area contributed by atoms with Crippen LogP contribution in [0.5, 0.6) is 0 Å². The summed E-state index contributed by atoms with van der Waals surface area (Å²) >= 11 is 0. The van der Waals surface area contributed by atoms with Crippen LogP contribution in [-0.2, 0) is 27.8 Å². The number of anilines is 1. The average Bonchev–Trinajstić information content (AvgIpc) is 3.15. The number of nitrogens with two attached hydrogens (primary N) is 1. The summed E-state index contributed by atoms with van der Waals surface area (Å²) in [6.07, 6.45) is 1.55. The van der Waals surface area contributed by atoms with Crippen LogP contribution in [0.1, 0.15) is 31.3 Å². The Balaban J connectivity index is 1.82. The van der Waals surface area contributed by atoms with Gasteiger partial charge in [0.1, 0.15) is 5.82 Å². The van der Waals surface area contributed by atoms with Crippen molar-refractivity contribution in [2.24, 2.45) is 5.14 Å². The molecule has 1 aromatic carbocycles. The monoisotopic (exact) mass is 390 g/mol. The highest BCUT2D eigenvalue weighted by molar-refractivity contribution is 7.89. The molecule has 9 nitrogen and oxygen atoms in total. The van der Waals surface area contributed by atoms with Gasteiger partial charge < -0.3 is 9.88 Å². The molecule has 1 amide bonds. The van der Waals surface area contributed by atoms with E-state index in [9.17, 15) is 13.2 Å². The van der Waals surface area contributed by atoms with E-state index in [4.69, 9.17) is 5.14 Å². The van der Waals surface area contributed by atoms with Gasteiger partial charge in [-0.25, -0.2) is 18.5 Å². The Hall–Kier alpha value is -2.72. The van der Waals surface area contributed by atoms with Gasteiger partial charge in [-0.05, 0) is 31.5 Å². The second-order valence-corrected chi connectivity index (χ2v) is 7.92. The molecule has 0 atom stereocenters. The zero-order chi connectivity index (χ0) is 19.6. The van der Waals surface area contributed by atoms with Gasteiger partial charge in [0.15, 0.2) is 5.82 Å². The molecule has 0 bridgehead atoms. The third kappa shape index (κ3) is 4.34. The first-order valence-electron chi connectivity index (χ1n) is 8.61. The number of primary sulfonamides is 1. The minimum atomic E-state index is -3.79. The van der Waals surface area contributed by atoms with Crippen molar-refractivity contribution in [2.45, 2.75) is 44.6 Å². The molecule has 4 N–H and O–H groups in total. The molecule has 0 aliphatic heterocycles. The van der Waals surface area contributed by atoms with Crippen molar-refractivity contribution in [3.8, 4) is 0 Å². The lowest BCUT2D eigenvalue weighted by molar-refractivity contribution is -0.116. The lowest BCUT2D eigenvalue weighted by atomic mass is 10.2. The highest BCUT2D eigenvalue weighted by Crippen LogP contribution is 2.21. The Labute approximate surface area is 157 Å². The summed E-state index contributed by atoms with van der Waals surface area (Å²) < 4.78 is 25.1. The van der Waals surface area contributed by atoms with E-state index in [1.165, 1.54) is 12.1 Å². The first-order valence-corrected chi connectivity index (χ1v) is 10.2. The molecule has 0 saturated heterocycles. The van der Waals surface area contributed by atoms with E-state index in [0.717, 1.165) is 30.0 Å². The van der Waals surface area contributed by atoms with Crippen LogP contribution in [0.25, 0.3) is 11.0 Å². The molecule has 0 spiro atoms. The molecule has 0 aliphatic rings. The fourth-order valence-electron chi connectivity index (χ4n) is 2.91. The summed E-state index contributed by atoms with van der Waals surface area (Å²) in [4.78, 5) is 16.7. The number of sulfonamides is 1. The molecule has 0 radical (unpaired) electrons. The maximum absolute atomic E-state index is 12.2. The molecule has 144 valence electrons. The molecule has 27 heavy (non-hydrogen) atoms. The number of hydrogen-bond acceptors (Lipinski definition) is 5. The minimum absolute atomic E-state index is 0.0225. The zero-order valence-corrected chi connectivity index (χ0v) is 16.0. The molecule has 2 heterocycles. The number of nitrogens with one attached hydrogen (secondary N) is 2. The SMILES string of the molecule is CCCn1c(CCC(=O)Nc2cc(C)[nH]n2)nc2cc(S(N)(=O)=O)ccc21. The van der Waals surface area contributed by atoms with Gasteiger partial charge in [-0.2, -0.15) is 5.10 Å². The van der Waals surface area contributed by atoms with Gasteiger partial charge in [0, 0.05) is 31.1 Å². The highest BCUT2D eigenvalue weighted by atomic mass is 32.2. The molecule has 0 unspecified atom stereocenters. The molecule has 3 aromatic rings. The number of fused-ring (bicyclic) bond motifs is 1. The second-order valence-electron chi connectivity index (χ2n) is 6.36. The molecule has 10 heteroatoms. The smallest absolute Gasteiger partial charge is 0.238 e. The Morgan fingerprint density at radius 3 is 2.74 bits per heavy atom. The quantitative estimate of drug-likeness (QED) is 0.564. The normalized spacial score (nSPS) is 11.8. The Bertz CT molecular complexity index is 1080. The summed E-state index contributed by atoms with van der Waals surface area (Å²) in [5.41, 5.74) is 2.23. The van der Waals surface area contributed by atoms with Crippen molar-refractivity contribution in [2.75, 3.05) is 5.32 Å². The van der Waals surface area contributed by atoms with Gasteiger partial charge in [-0.15, -0.1) is 0 Å². The highest BCUT2D eigenvalue weighted by Gasteiger charge is 2.15. The Morgan fingerprint density at radius 1 is 1.33 bits per heavy atom. The third-order valence-electron chi connectivity index (χ3n) is 4.12. The fourth-order valence-corrected chi connectivity index (χ4v) is 3.45. The van der Waals surface area contributed by atoms with Crippen LogP contribution in [0.3, 0.4) is 0 Å². The van der Waals surface area contributed by atoms with E-state index < -0.39 is 10.0 Å². The maximum Gasteiger partial charge on any atom is 0.238 e. The van der Waals surface area contributed by atoms with Crippen LogP contribution in [0, 0.1) is 6.92 Å². The van der Waals surface area contributed by atoms with Crippen molar-refractivity contribution >= 4 is 32.8 Å². The van der Waals surface area contributed by atoms with Crippen LogP contribution in [0.4, 0.5) is 5.82 Å². The fraction of sp³-hybridized carbons (Fsp3) is 0.353. The van der Waals surface area contributed by atoms with Crippen molar-refractivity contribution in [1.29, 1.82) is 0 Å². The van der Waals surface area contributed by atoms with E-state index in [-0.39, 0.29) is 17.2 Å². The van der Waals surface area contributed by atoms with E-state index in [0.29, 0.717) is 17.8 Å². The topological polar surface area (TPSA) is 136 Å². The average molecular weight is 390 g/mol. The van der Waals surface area contributed by atoms with Crippen molar-refractivity contribution in [3.63, 3.8) is 0 Å². The lowest BCUT2D eigenvalue weighted by Crippen LogP contribution is -2.14. The Morgan fingerprint density at radius 2 is 2.11 bits per heavy atom. The maximum atomic E-state index is 12.2. The number of aryl methyl sites for hydroxylation is 3. The summed E-state index contributed by atoms with van der Waals surface area (Å²) in [6, 6.07) is 6.39. The number of imidazole rings is 1. The second kappa shape index (κ2) is 7.49. The van der Waals surface area contributed by atoms with Crippen molar-refractivity contribution in [1.82, 2.24) is 19.7 Å². The third-order valence-corrected chi connectivity index (χ3v) is 5.03. The molecule has 2 aromatic heterocycles. The number of amides is 1. The summed E-state index contributed by atoms with van der Waals surface area (Å²) in [5.74, 6) is 1.05. The number of rotatable bonds is 7. The van der Waals surface area contributed by atoms with E-state index in [1.54, 1.807) is 12.1 Å². The molecular formula is C17H22N6O3S. The summed E-state index contributed by atoms with van der Waals surface area (Å²) in [5, 5.41) is 14.7. The predicted octanol–water partition coefficient (Wildman–Crippen LogP) is 1.70. The van der Waals surface area contributed by atoms with Gasteiger partial charge in [0.2, 0.25) is 15.9 Å². The first-order chi connectivity index (χ1) is 12.8. The molecule has 0 fully saturated rings. The minimum Gasteiger partial charge on any atom is -0.328 e. The van der Waals surface area contributed by atoms with E-state index >= 15 is 0 Å². The largest absolute Gasteiger partial charge is 0.328 e. The van der Waals surface area contributed by atoms with Gasteiger partial charge >= 0.3 is 0 Å². The van der Waals surface area contributed by atoms with Crippen LogP contribution >= 0.6 is 0 Å². The number of benzene rings is 1. The number of aromatic nitrogens is 4. The van der Waals surface area contributed by atoms with Gasteiger partial charge in [0.25, 0.3) is 0 Å². The van der Waals surface area contributed by atoms with Gasteiger partial charge in [-0.1, -0.05) is 6.92 Å². The van der Waals surface area contributed by atoms with Crippen LogP contribution in [0.2, 0.25) is 0 Å². The molecule has 0 saturated carbocycles. The van der Waals surface area contributed by atoms with Crippen LogP contribution in [0.15, 0.2) is 29.2 Å². The number of aromatic amines is 1. The summed E-state index contributed by atoms with van der Waals surface area (Å²) in [7, 11) is -3.79. The molecule has 3 rings (SSSR count). The van der Waals surface area contributed by atoms with Gasteiger partial charge in [0.05, 0.1) is 15.9 Å². The predicted molar refractivity (Wildman–Crippen MR) is 102 cm³/mol. The number of carbonyl (C=O) groups excluding carboxylic acids is 1. The van der Waals surface area contributed by atoms with Crippen molar-refractivity contribution < 1.29 is 13.2 Å². The first kappa shape index (κ1) is 19.1. The molecule has 0 aliphatic carbocycles. The van der Waals surface area contributed by atoms with E-state index in [2.05, 4.69) is 20.5 Å². The Kier molecular flexibility index (Phi) is 5.29. The standard InChI is InChI=1S/C17H22N6O3S/c1-3-8-23-14-5-4-12(27(18,25)26)10-13(14)19-16(23)6-7-17(24)20-15-9-11(2)21-22-15/h4-5,9-10H,3,6-8H2,1-2H3,(H2,18,25,26)(H2,20,21,22,24). The number of carbonyl (C=O) groups is 1. The number of H-pyrrole nitrogens is 1. The van der Waals surface area contributed by atoms with Crippen LogP contribution < -0.4 is 10.5 Å². The number of hydrogen-bond donors (Lipinski definition) is 3. The lowest BCUT2D eigenvalue weighted by Gasteiger charge is -2.08. The van der Waals surface area contributed by atoms with Crippen LogP contribution in [-0.4, -0.2) is 34.1 Å². The van der Waals surface area contributed by atoms with E-state index in [1.807, 2.05) is 18.4 Å². The molecular weight excluding hydrogens is 368 g/mol. The summed E-state index contributed by atoms with van der Waals surface area (Å²) in [6.45, 7) is 4.62. The zero-order valence-electron chi connectivity index (χ0n) is 15.2. The van der Waals surface area contributed by atoms with Crippen molar-refractivity contribution in [3.05, 3.63) is 35.8 Å².